The minimum absolute atomic E-state index is 0.0296. The molecule has 1 heterocycles. The minimum atomic E-state index is -0.221. The van der Waals surface area contributed by atoms with Crippen LogP contribution >= 0.6 is 11.3 Å². The zero-order chi connectivity index (χ0) is 19.7. The van der Waals surface area contributed by atoms with Gasteiger partial charge in [0.15, 0.2) is 0 Å². The summed E-state index contributed by atoms with van der Waals surface area (Å²) in [4.78, 5) is 36.8. The lowest BCUT2D eigenvalue weighted by Gasteiger charge is -2.08. The first-order chi connectivity index (χ1) is 13.5. The van der Waals surface area contributed by atoms with Gasteiger partial charge in [-0.15, -0.1) is 11.3 Å². The van der Waals surface area contributed by atoms with Crippen LogP contribution in [0, 0.1) is 12.8 Å². The monoisotopic (exact) mass is 398 g/mol. The van der Waals surface area contributed by atoms with Crippen LogP contribution in [0.1, 0.15) is 40.9 Å². The highest BCUT2D eigenvalue weighted by atomic mass is 32.1. The molecule has 2 saturated carbocycles. The SMILES string of the molecule is Cc1cc(NC(=O)C2CC2)sc1C(=O)Nc1ccc(NC(=O)NC2CC2)cc1. The fourth-order valence-electron chi connectivity index (χ4n) is 2.74. The molecule has 1 aromatic heterocycles. The molecule has 2 aliphatic carbocycles. The maximum Gasteiger partial charge on any atom is 0.319 e. The van der Waals surface area contributed by atoms with Gasteiger partial charge in [-0.25, -0.2) is 4.79 Å². The van der Waals surface area contributed by atoms with Crippen LogP contribution in [-0.4, -0.2) is 23.9 Å². The average molecular weight is 398 g/mol. The van der Waals surface area contributed by atoms with Crippen molar-refractivity contribution < 1.29 is 14.4 Å². The molecule has 0 spiro atoms. The molecule has 7 nitrogen and oxygen atoms in total. The molecule has 8 heteroatoms. The number of benzene rings is 1. The Hall–Kier alpha value is -2.87. The van der Waals surface area contributed by atoms with Crippen molar-refractivity contribution in [2.24, 2.45) is 5.92 Å². The number of carbonyl (C=O) groups is 3. The lowest BCUT2D eigenvalue weighted by atomic mass is 10.2. The van der Waals surface area contributed by atoms with Gasteiger partial charge in [0.05, 0.1) is 9.88 Å². The smallest absolute Gasteiger partial charge is 0.319 e. The molecule has 1 aromatic carbocycles. The van der Waals surface area contributed by atoms with Crippen LogP contribution in [0.25, 0.3) is 0 Å². The second-order valence-corrected chi connectivity index (χ2v) is 8.34. The third-order valence-corrected chi connectivity index (χ3v) is 5.78. The molecule has 0 bridgehead atoms. The highest BCUT2D eigenvalue weighted by molar-refractivity contribution is 7.18. The zero-order valence-corrected chi connectivity index (χ0v) is 16.3. The van der Waals surface area contributed by atoms with Crippen LogP contribution in [0.15, 0.2) is 30.3 Å². The molecule has 28 heavy (non-hydrogen) atoms. The maximum atomic E-state index is 12.6. The van der Waals surface area contributed by atoms with Gasteiger partial charge in [0.1, 0.15) is 0 Å². The lowest BCUT2D eigenvalue weighted by Crippen LogP contribution is -2.30. The van der Waals surface area contributed by atoms with Crippen molar-refractivity contribution in [3.63, 3.8) is 0 Å². The Morgan fingerprint density at radius 2 is 1.57 bits per heavy atom. The summed E-state index contributed by atoms with van der Waals surface area (Å²) in [6.07, 6.45) is 3.95. The number of carbonyl (C=O) groups excluding carboxylic acids is 3. The quantitative estimate of drug-likeness (QED) is 0.593. The first-order valence-corrected chi connectivity index (χ1v) is 10.2. The van der Waals surface area contributed by atoms with E-state index in [2.05, 4.69) is 21.3 Å². The van der Waals surface area contributed by atoms with Crippen LogP contribution in [0.3, 0.4) is 0 Å². The van der Waals surface area contributed by atoms with Crippen molar-refractivity contribution in [2.75, 3.05) is 16.0 Å². The molecule has 2 aromatic rings. The highest BCUT2D eigenvalue weighted by Gasteiger charge is 2.30. The average Bonchev–Trinajstić information content (AvgIpc) is 3.56. The molecule has 0 atom stereocenters. The van der Waals surface area contributed by atoms with E-state index in [1.54, 1.807) is 24.3 Å². The summed E-state index contributed by atoms with van der Waals surface area (Å²) >= 11 is 1.27. The largest absolute Gasteiger partial charge is 0.335 e. The Kier molecular flexibility index (Phi) is 5.04. The van der Waals surface area contributed by atoms with Crippen molar-refractivity contribution >= 4 is 45.6 Å². The van der Waals surface area contributed by atoms with Crippen LogP contribution in [0.5, 0.6) is 0 Å². The van der Waals surface area contributed by atoms with Crippen LogP contribution in [0.4, 0.5) is 21.2 Å². The molecule has 4 N–H and O–H groups in total. The summed E-state index contributed by atoms with van der Waals surface area (Å²) in [5, 5.41) is 12.1. The summed E-state index contributed by atoms with van der Waals surface area (Å²) in [6, 6.07) is 8.87. The van der Waals surface area contributed by atoms with Crippen LogP contribution in [0.2, 0.25) is 0 Å². The Labute approximate surface area is 166 Å². The Morgan fingerprint density at radius 1 is 0.929 bits per heavy atom. The van der Waals surface area contributed by atoms with Crippen molar-refractivity contribution in [1.29, 1.82) is 0 Å². The summed E-state index contributed by atoms with van der Waals surface area (Å²) < 4.78 is 0. The fraction of sp³-hybridized carbons (Fsp3) is 0.350. The standard InChI is InChI=1S/C20H22N4O3S/c1-11-10-16(24-18(25)12-2-3-12)28-17(11)19(26)21-13-4-6-14(7-5-13)22-20(27)23-15-8-9-15/h4-7,10,12,15H,2-3,8-9H2,1H3,(H,21,26)(H,24,25)(H2,22,23,27). The highest BCUT2D eigenvalue weighted by Crippen LogP contribution is 2.33. The van der Waals surface area contributed by atoms with E-state index in [-0.39, 0.29) is 23.8 Å². The van der Waals surface area contributed by atoms with E-state index < -0.39 is 0 Å². The summed E-state index contributed by atoms with van der Waals surface area (Å²) in [6.45, 7) is 1.85. The van der Waals surface area contributed by atoms with E-state index in [1.807, 2.05) is 13.0 Å². The number of nitrogens with one attached hydrogen (secondary N) is 4. The number of urea groups is 1. The third-order valence-electron chi connectivity index (χ3n) is 4.63. The molecule has 0 unspecified atom stereocenters. The van der Waals surface area contributed by atoms with Gasteiger partial charge in [0.25, 0.3) is 5.91 Å². The first-order valence-electron chi connectivity index (χ1n) is 9.38. The summed E-state index contributed by atoms with van der Waals surface area (Å²) in [7, 11) is 0. The molecule has 2 aliphatic rings. The normalized spacial score (nSPS) is 15.6. The van der Waals surface area contributed by atoms with E-state index >= 15 is 0 Å². The topological polar surface area (TPSA) is 99.3 Å². The molecule has 4 amide bonds. The predicted octanol–water partition coefficient (Wildman–Crippen LogP) is 3.94. The van der Waals surface area contributed by atoms with Gasteiger partial charge < -0.3 is 21.3 Å². The summed E-state index contributed by atoms with van der Waals surface area (Å²) in [5.41, 5.74) is 2.12. The van der Waals surface area contributed by atoms with Crippen LogP contribution < -0.4 is 21.3 Å². The van der Waals surface area contributed by atoms with Gasteiger partial charge in [0, 0.05) is 23.3 Å². The Balaban J connectivity index is 1.34. The number of amides is 4. The van der Waals surface area contributed by atoms with Crippen molar-refractivity contribution in [3.8, 4) is 0 Å². The van der Waals surface area contributed by atoms with Gasteiger partial charge in [-0.2, -0.15) is 0 Å². The van der Waals surface area contributed by atoms with Crippen molar-refractivity contribution in [1.82, 2.24) is 5.32 Å². The zero-order valence-electron chi connectivity index (χ0n) is 15.5. The lowest BCUT2D eigenvalue weighted by molar-refractivity contribution is -0.117. The number of thiophene rings is 1. The van der Waals surface area contributed by atoms with E-state index in [1.165, 1.54) is 11.3 Å². The minimum Gasteiger partial charge on any atom is -0.335 e. The van der Waals surface area contributed by atoms with E-state index in [9.17, 15) is 14.4 Å². The number of aryl methyl sites for hydroxylation is 1. The fourth-order valence-corrected chi connectivity index (χ4v) is 3.71. The van der Waals surface area contributed by atoms with Gasteiger partial charge in [-0.1, -0.05) is 0 Å². The van der Waals surface area contributed by atoms with Gasteiger partial charge in [-0.3, -0.25) is 9.59 Å². The van der Waals surface area contributed by atoms with Gasteiger partial charge in [-0.05, 0) is 68.5 Å². The van der Waals surface area contributed by atoms with Gasteiger partial charge >= 0.3 is 6.03 Å². The second-order valence-electron chi connectivity index (χ2n) is 7.29. The Morgan fingerprint density at radius 3 is 2.18 bits per heavy atom. The van der Waals surface area contributed by atoms with E-state index in [0.717, 1.165) is 31.2 Å². The number of hydrogen-bond acceptors (Lipinski definition) is 4. The number of anilines is 3. The second kappa shape index (κ2) is 7.63. The van der Waals surface area contributed by atoms with Crippen molar-refractivity contribution in [3.05, 3.63) is 40.8 Å². The molecular formula is C20H22N4O3S. The van der Waals surface area contributed by atoms with Crippen LogP contribution in [-0.2, 0) is 4.79 Å². The molecule has 0 aliphatic heterocycles. The molecule has 146 valence electrons. The molecule has 0 radical (unpaired) electrons. The van der Waals surface area contributed by atoms with E-state index in [4.69, 9.17) is 0 Å². The number of rotatable bonds is 6. The summed E-state index contributed by atoms with van der Waals surface area (Å²) in [5.74, 6) is -0.0678. The predicted molar refractivity (Wildman–Crippen MR) is 110 cm³/mol. The molecular weight excluding hydrogens is 376 g/mol. The van der Waals surface area contributed by atoms with Crippen molar-refractivity contribution in [2.45, 2.75) is 38.6 Å². The molecule has 2 fully saturated rings. The van der Waals surface area contributed by atoms with Gasteiger partial charge in [0.2, 0.25) is 5.91 Å². The third kappa shape index (κ3) is 4.69. The maximum absolute atomic E-state index is 12.6. The molecule has 0 saturated heterocycles. The first kappa shape index (κ1) is 18.5. The molecule has 4 rings (SSSR count). The Bertz CT molecular complexity index is 914. The number of hydrogen-bond donors (Lipinski definition) is 4. The van der Waals surface area contributed by atoms with E-state index in [0.29, 0.717) is 27.3 Å².